The van der Waals surface area contributed by atoms with Crippen molar-refractivity contribution in [2.45, 2.75) is 6.92 Å². The summed E-state index contributed by atoms with van der Waals surface area (Å²) in [7, 11) is -1.73. The number of hydrogen-bond acceptors (Lipinski definition) is 2. The molecule has 0 unspecified atom stereocenters. The second-order valence-electron chi connectivity index (χ2n) is 1.22. The molecule has 0 fully saturated rings. The van der Waals surface area contributed by atoms with E-state index in [1.807, 2.05) is 0 Å². The lowest BCUT2D eigenvalue weighted by Crippen LogP contribution is -2.14. The van der Waals surface area contributed by atoms with Gasteiger partial charge in [-0.3, -0.25) is 0 Å². The largest absolute Gasteiger partial charge is 0.233 e. The molecule has 0 spiro atoms. The molecule has 48 valence electrons. The minimum atomic E-state index is -3.10. The van der Waals surface area contributed by atoms with Gasteiger partial charge in [0.05, 0.1) is 0 Å². The van der Waals surface area contributed by atoms with Crippen LogP contribution in [0.25, 0.3) is 0 Å². The average Bonchev–Trinajstić information content (AvgIpc) is 1.67. The van der Waals surface area contributed by atoms with Crippen molar-refractivity contribution in [2.75, 3.05) is 7.05 Å². The summed E-state index contributed by atoms with van der Waals surface area (Å²) in [6.07, 6.45) is 1.46. The van der Waals surface area contributed by atoms with E-state index in [1.54, 1.807) is 6.92 Å². The van der Waals surface area contributed by atoms with Crippen molar-refractivity contribution >= 4 is 10.0 Å². The number of sulfonamides is 1. The third kappa shape index (κ3) is 2.76. The lowest BCUT2D eigenvalue weighted by molar-refractivity contribution is 0.597. The van der Waals surface area contributed by atoms with E-state index in [9.17, 15) is 8.42 Å². The maximum Gasteiger partial charge on any atom is 0.233 e. The van der Waals surface area contributed by atoms with Crippen LogP contribution in [0.4, 0.5) is 0 Å². The fourth-order valence-electron chi connectivity index (χ4n) is 0.247. The van der Waals surface area contributed by atoms with Crippen molar-refractivity contribution in [3.8, 4) is 0 Å². The van der Waals surface area contributed by atoms with Crippen molar-refractivity contribution in [3.63, 3.8) is 0 Å². The molecule has 1 N–H and O–H groups in total. The van der Waals surface area contributed by atoms with Gasteiger partial charge in [-0.15, -0.1) is 0 Å². The molecule has 0 saturated carbocycles. The molecule has 0 amide bonds. The van der Waals surface area contributed by atoms with E-state index in [2.05, 4.69) is 4.72 Å². The molecule has 0 aliphatic carbocycles. The second-order valence-corrected chi connectivity index (χ2v) is 2.99. The molecule has 0 radical (unpaired) electrons. The Balaban J connectivity index is 4.17. The first kappa shape index (κ1) is 7.65. The molecular weight excluding hydrogens is 126 g/mol. The van der Waals surface area contributed by atoms with Gasteiger partial charge in [0.25, 0.3) is 0 Å². The highest BCUT2D eigenvalue weighted by Crippen LogP contribution is 1.81. The molecule has 0 heterocycles. The topological polar surface area (TPSA) is 46.2 Å². The van der Waals surface area contributed by atoms with Crippen molar-refractivity contribution in [1.29, 1.82) is 0 Å². The molecule has 3 nitrogen and oxygen atoms in total. The normalized spacial score (nSPS) is 12.8. The van der Waals surface area contributed by atoms with Crippen LogP contribution >= 0.6 is 0 Å². The van der Waals surface area contributed by atoms with Crippen molar-refractivity contribution in [1.82, 2.24) is 4.72 Å². The number of rotatable bonds is 2. The van der Waals surface area contributed by atoms with Crippen LogP contribution in [0.2, 0.25) is 0 Å². The Hall–Kier alpha value is -0.350. The minimum absolute atomic E-state index is 1.10. The van der Waals surface area contributed by atoms with Crippen LogP contribution in [-0.2, 0) is 10.0 Å². The Bertz CT molecular complexity index is 168. The van der Waals surface area contributed by atoms with Crippen molar-refractivity contribution < 1.29 is 8.42 Å². The third-order valence-electron chi connectivity index (χ3n) is 0.600. The zero-order valence-electron chi connectivity index (χ0n) is 4.88. The number of hydrogen-bond donors (Lipinski definition) is 1. The Morgan fingerprint density at radius 1 is 1.50 bits per heavy atom. The molecule has 0 aromatic heterocycles. The summed E-state index contributed by atoms with van der Waals surface area (Å²) in [5.74, 6) is 0. The maximum absolute atomic E-state index is 10.4. The zero-order chi connectivity index (χ0) is 6.62. The quantitative estimate of drug-likeness (QED) is 0.582. The lowest BCUT2D eigenvalue weighted by Gasteiger charge is -1.89. The molecule has 4 heteroatoms. The van der Waals surface area contributed by atoms with Gasteiger partial charge in [0.15, 0.2) is 0 Å². The highest BCUT2D eigenvalue weighted by molar-refractivity contribution is 7.92. The highest BCUT2D eigenvalue weighted by atomic mass is 32.2. The van der Waals surface area contributed by atoms with E-state index in [4.69, 9.17) is 0 Å². The van der Waals surface area contributed by atoms with E-state index >= 15 is 0 Å². The summed E-state index contributed by atoms with van der Waals surface area (Å²) in [5, 5.41) is 1.10. The van der Waals surface area contributed by atoms with Gasteiger partial charge in [-0.1, -0.05) is 6.08 Å². The summed E-state index contributed by atoms with van der Waals surface area (Å²) in [6, 6.07) is 0. The molecule has 8 heavy (non-hydrogen) atoms. The average molecular weight is 135 g/mol. The zero-order valence-corrected chi connectivity index (χ0v) is 5.70. The standard InChI is InChI=1S/C4H9NO2S/c1-3-4-8(6,7)5-2/h3-5H,1-2H3/b4-3+. The first-order valence-corrected chi connectivity index (χ1v) is 3.73. The highest BCUT2D eigenvalue weighted by Gasteiger charge is 1.95. The Morgan fingerprint density at radius 2 is 2.00 bits per heavy atom. The van der Waals surface area contributed by atoms with E-state index in [0.29, 0.717) is 0 Å². The lowest BCUT2D eigenvalue weighted by atomic mass is 10.8. The first-order chi connectivity index (χ1) is 3.62. The van der Waals surface area contributed by atoms with Crippen molar-refractivity contribution in [3.05, 3.63) is 11.5 Å². The first-order valence-electron chi connectivity index (χ1n) is 2.18. The summed E-state index contributed by atoms with van der Waals surface area (Å²) < 4.78 is 22.9. The Kier molecular flexibility index (Phi) is 2.71. The van der Waals surface area contributed by atoms with Crippen LogP contribution in [0.5, 0.6) is 0 Å². The van der Waals surface area contributed by atoms with Gasteiger partial charge < -0.3 is 0 Å². The number of allylic oxidation sites excluding steroid dienone is 1. The van der Waals surface area contributed by atoms with Gasteiger partial charge in [-0.05, 0) is 14.0 Å². The second kappa shape index (κ2) is 2.84. The predicted molar refractivity (Wildman–Crippen MR) is 32.8 cm³/mol. The summed E-state index contributed by atoms with van der Waals surface area (Å²) >= 11 is 0. The monoisotopic (exact) mass is 135 g/mol. The van der Waals surface area contributed by atoms with Crippen LogP contribution < -0.4 is 4.72 Å². The van der Waals surface area contributed by atoms with Crippen LogP contribution in [0, 0.1) is 0 Å². The molecule has 0 atom stereocenters. The van der Waals surface area contributed by atoms with Gasteiger partial charge >= 0.3 is 0 Å². The van der Waals surface area contributed by atoms with Crippen LogP contribution in [0.1, 0.15) is 6.92 Å². The van der Waals surface area contributed by atoms with Crippen LogP contribution in [0.15, 0.2) is 11.5 Å². The fourth-order valence-corrected chi connectivity index (χ4v) is 0.742. The molecule has 0 aliphatic heterocycles. The van der Waals surface area contributed by atoms with E-state index in [-0.39, 0.29) is 0 Å². The molecule has 0 aliphatic rings. The van der Waals surface area contributed by atoms with Gasteiger partial charge in [0, 0.05) is 5.41 Å². The fraction of sp³-hybridized carbons (Fsp3) is 0.500. The van der Waals surface area contributed by atoms with E-state index in [1.165, 1.54) is 13.1 Å². The molecule has 0 aromatic rings. The molecule has 0 saturated heterocycles. The van der Waals surface area contributed by atoms with E-state index in [0.717, 1.165) is 5.41 Å². The van der Waals surface area contributed by atoms with Crippen LogP contribution in [0.3, 0.4) is 0 Å². The van der Waals surface area contributed by atoms with Gasteiger partial charge in [-0.2, -0.15) is 0 Å². The Morgan fingerprint density at radius 3 is 2.12 bits per heavy atom. The van der Waals surface area contributed by atoms with Crippen molar-refractivity contribution in [2.24, 2.45) is 0 Å². The Labute approximate surface area is 49.5 Å². The van der Waals surface area contributed by atoms with Gasteiger partial charge in [0.2, 0.25) is 10.0 Å². The molecule has 0 rings (SSSR count). The van der Waals surface area contributed by atoms with Gasteiger partial charge in [0.1, 0.15) is 0 Å². The number of nitrogens with one attached hydrogen (secondary N) is 1. The summed E-state index contributed by atoms with van der Waals surface area (Å²) in [6.45, 7) is 1.65. The SMILES string of the molecule is C/C=C/S(=O)(=O)NC. The third-order valence-corrected chi connectivity index (χ3v) is 1.80. The smallest absolute Gasteiger partial charge is 0.215 e. The molecule has 0 aromatic carbocycles. The summed E-state index contributed by atoms with van der Waals surface area (Å²) in [5.41, 5.74) is 0. The maximum atomic E-state index is 10.4. The molecular formula is C4H9NO2S. The van der Waals surface area contributed by atoms with Crippen LogP contribution in [-0.4, -0.2) is 15.5 Å². The minimum Gasteiger partial charge on any atom is -0.215 e. The predicted octanol–water partition coefficient (Wildman–Crippen LogP) is 0.0692. The molecule has 0 bridgehead atoms. The van der Waals surface area contributed by atoms with E-state index < -0.39 is 10.0 Å². The van der Waals surface area contributed by atoms with Gasteiger partial charge in [-0.25, -0.2) is 13.1 Å². The summed E-state index contributed by atoms with van der Waals surface area (Å²) in [4.78, 5) is 0.